The average molecular weight is 324 g/mol. The Morgan fingerprint density at radius 2 is 1.75 bits per heavy atom. The van der Waals surface area contributed by atoms with Gasteiger partial charge in [0.05, 0.1) is 12.7 Å². The number of hydrogen-bond donors (Lipinski definition) is 0. The Labute approximate surface area is 146 Å². The van der Waals surface area contributed by atoms with Gasteiger partial charge >= 0.3 is 5.97 Å². The van der Waals surface area contributed by atoms with E-state index in [4.69, 9.17) is 4.74 Å². The van der Waals surface area contributed by atoms with Crippen LogP contribution in [-0.4, -0.2) is 13.1 Å². The lowest BCUT2D eigenvalue weighted by atomic mass is 10.1. The van der Waals surface area contributed by atoms with Crippen molar-refractivity contribution in [2.24, 2.45) is 0 Å². The van der Waals surface area contributed by atoms with Gasteiger partial charge in [-0.25, -0.2) is 4.79 Å². The van der Waals surface area contributed by atoms with Crippen LogP contribution in [0.1, 0.15) is 56.5 Å². The Morgan fingerprint density at radius 3 is 2.33 bits per heavy atom. The van der Waals surface area contributed by atoms with Crippen LogP contribution in [0.25, 0.3) is 6.08 Å². The minimum atomic E-state index is -0.309. The molecule has 2 nitrogen and oxygen atoms in total. The number of hydrogen-bond acceptors (Lipinski definition) is 2. The first-order valence-electron chi connectivity index (χ1n) is 8.26. The molecule has 0 heterocycles. The quantitative estimate of drug-likeness (QED) is 0.343. The van der Waals surface area contributed by atoms with Crippen LogP contribution < -0.4 is 0 Å². The van der Waals surface area contributed by atoms with Crippen LogP contribution in [0.3, 0.4) is 0 Å². The molecule has 0 N–H and O–H groups in total. The Morgan fingerprint density at radius 1 is 1.08 bits per heavy atom. The van der Waals surface area contributed by atoms with Gasteiger partial charge in [0.15, 0.2) is 0 Å². The maximum absolute atomic E-state index is 11.4. The second-order valence-corrected chi connectivity index (χ2v) is 6.19. The smallest absolute Gasteiger partial charge is 0.337 e. The van der Waals surface area contributed by atoms with Gasteiger partial charge in [0.1, 0.15) is 0 Å². The fourth-order valence-electron chi connectivity index (χ4n) is 2.18. The molecular weight excluding hydrogens is 296 g/mol. The van der Waals surface area contributed by atoms with Crippen molar-refractivity contribution < 1.29 is 9.53 Å². The summed E-state index contributed by atoms with van der Waals surface area (Å²) >= 11 is 0. The third-order valence-corrected chi connectivity index (χ3v) is 3.56. The first kappa shape index (κ1) is 19.7. The van der Waals surface area contributed by atoms with Gasteiger partial charge in [-0.2, -0.15) is 0 Å². The van der Waals surface area contributed by atoms with Gasteiger partial charge < -0.3 is 4.74 Å². The van der Waals surface area contributed by atoms with Gasteiger partial charge in [-0.3, -0.25) is 0 Å². The number of ether oxygens (including phenoxy) is 1. The zero-order chi connectivity index (χ0) is 17.9. The SMILES string of the molecule is COC(=O)c1ccc(/C=C(C)/C=C/C=C(\C)CCC=C(C)C)cc1. The number of rotatable bonds is 7. The molecule has 24 heavy (non-hydrogen) atoms. The number of esters is 1. The second kappa shape index (κ2) is 10.4. The van der Waals surface area contributed by atoms with Crippen LogP contribution in [0, 0.1) is 0 Å². The van der Waals surface area contributed by atoms with Crippen molar-refractivity contribution in [3.8, 4) is 0 Å². The molecule has 0 atom stereocenters. The monoisotopic (exact) mass is 324 g/mol. The largest absolute Gasteiger partial charge is 0.465 e. The Hall–Kier alpha value is -2.35. The average Bonchev–Trinajstić information content (AvgIpc) is 2.54. The summed E-state index contributed by atoms with van der Waals surface area (Å²) in [6.07, 6.45) is 12.9. The van der Waals surface area contributed by atoms with Gasteiger partial charge in [-0.05, 0) is 58.2 Å². The number of methoxy groups -OCH3 is 1. The van der Waals surface area contributed by atoms with E-state index < -0.39 is 0 Å². The summed E-state index contributed by atoms with van der Waals surface area (Å²) in [4.78, 5) is 11.4. The van der Waals surface area contributed by atoms with E-state index in [-0.39, 0.29) is 5.97 Å². The Kier molecular flexibility index (Phi) is 8.56. The highest BCUT2D eigenvalue weighted by atomic mass is 16.5. The Balaban J connectivity index is 2.62. The highest BCUT2D eigenvalue weighted by Gasteiger charge is 2.03. The van der Waals surface area contributed by atoms with E-state index in [1.165, 1.54) is 18.3 Å². The van der Waals surface area contributed by atoms with Crippen molar-refractivity contribution in [1.82, 2.24) is 0 Å². The van der Waals surface area contributed by atoms with E-state index in [0.717, 1.165) is 24.0 Å². The molecule has 0 fully saturated rings. The molecule has 0 saturated carbocycles. The van der Waals surface area contributed by atoms with Crippen LogP contribution in [0.2, 0.25) is 0 Å². The summed E-state index contributed by atoms with van der Waals surface area (Å²) in [6.45, 7) is 8.49. The van der Waals surface area contributed by atoms with Crippen LogP contribution in [0.5, 0.6) is 0 Å². The lowest BCUT2D eigenvalue weighted by Crippen LogP contribution is -2.00. The standard InChI is InChI=1S/C22H28O2/c1-17(2)8-6-9-18(3)10-7-11-19(4)16-20-12-14-21(15-13-20)22(23)24-5/h7-8,10-16H,6,9H2,1-5H3/b11-7+,18-10+,19-16+. The predicted molar refractivity (Wildman–Crippen MR) is 103 cm³/mol. The van der Waals surface area contributed by atoms with Crippen LogP contribution in [0.15, 0.2) is 65.3 Å². The van der Waals surface area contributed by atoms with E-state index in [0.29, 0.717) is 5.56 Å². The van der Waals surface area contributed by atoms with Crippen LogP contribution >= 0.6 is 0 Å². The van der Waals surface area contributed by atoms with Crippen LogP contribution in [0.4, 0.5) is 0 Å². The number of carbonyl (C=O) groups excluding carboxylic acids is 1. The highest BCUT2D eigenvalue weighted by molar-refractivity contribution is 5.89. The maximum Gasteiger partial charge on any atom is 0.337 e. The first-order valence-corrected chi connectivity index (χ1v) is 8.26. The van der Waals surface area contributed by atoms with Crippen molar-refractivity contribution in [2.75, 3.05) is 7.11 Å². The molecule has 128 valence electrons. The van der Waals surface area contributed by atoms with Gasteiger partial charge in [0, 0.05) is 0 Å². The highest BCUT2D eigenvalue weighted by Crippen LogP contribution is 2.11. The maximum atomic E-state index is 11.4. The summed E-state index contributed by atoms with van der Waals surface area (Å²) in [7, 11) is 1.39. The second-order valence-electron chi connectivity index (χ2n) is 6.19. The van der Waals surface area contributed by atoms with Gasteiger partial charge in [0.25, 0.3) is 0 Å². The molecule has 0 radical (unpaired) electrons. The Bertz CT molecular complexity index is 652. The van der Waals surface area contributed by atoms with E-state index in [9.17, 15) is 4.79 Å². The van der Waals surface area contributed by atoms with Crippen LogP contribution in [-0.2, 0) is 4.74 Å². The topological polar surface area (TPSA) is 26.3 Å². The lowest BCUT2D eigenvalue weighted by molar-refractivity contribution is 0.0600. The van der Waals surface area contributed by atoms with Crippen molar-refractivity contribution in [3.05, 3.63) is 76.4 Å². The van der Waals surface area contributed by atoms with E-state index in [1.54, 1.807) is 12.1 Å². The van der Waals surface area contributed by atoms with Crippen molar-refractivity contribution >= 4 is 12.0 Å². The fourth-order valence-corrected chi connectivity index (χ4v) is 2.18. The predicted octanol–water partition coefficient (Wildman–Crippen LogP) is 6.13. The molecule has 0 aliphatic rings. The number of carbonyl (C=O) groups is 1. The molecule has 1 rings (SSSR count). The van der Waals surface area contributed by atoms with Crippen molar-refractivity contribution in [1.29, 1.82) is 0 Å². The molecule has 1 aromatic rings. The number of allylic oxidation sites excluding steroid dienone is 7. The number of benzene rings is 1. The third kappa shape index (κ3) is 7.77. The van der Waals surface area contributed by atoms with Gasteiger partial charge in [-0.1, -0.05) is 59.2 Å². The molecule has 0 unspecified atom stereocenters. The first-order chi connectivity index (χ1) is 11.4. The van der Waals surface area contributed by atoms with E-state index in [1.807, 2.05) is 12.1 Å². The molecule has 0 spiro atoms. The molecule has 0 amide bonds. The molecule has 0 aliphatic heterocycles. The molecule has 0 saturated heterocycles. The summed E-state index contributed by atoms with van der Waals surface area (Å²) in [6, 6.07) is 7.40. The molecule has 0 aromatic heterocycles. The fraction of sp³-hybridized carbons (Fsp3) is 0.318. The zero-order valence-corrected chi connectivity index (χ0v) is 15.4. The summed E-state index contributed by atoms with van der Waals surface area (Å²) in [5.74, 6) is -0.309. The molecule has 1 aromatic carbocycles. The lowest BCUT2D eigenvalue weighted by Gasteiger charge is -2.00. The van der Waals surface area contributed by atoms with Gasteiger partial charge in [0.2, 0.25) is 0 Å². The third-order valence-electron chi connectivity index (χ3n) is 3.56. The van der Waals surface area contributed by atoms with E-state index >= 15 is 0 Å². The molecule has 0 bridgehead atoms. The summed E-state index contributed by atoms with van der Waals surface area (Å²) in [5, 5.41) is 0. The normalized spacial score (nSPS) is 12.4. The van der Waals surface area contributed by atoms with Gasteiger partial charge in [-0.15, -0.1) is 0 Å². The van der Waals surface area contributed by atoms with E-state index in [2.05, 4.69) is 58.1 Å². The summed E-state index contributed by atoms with van der Waals surface area (Å²) < 4.78 is 4.70. The molecular formula is C22H28O2. The molecule has 2 heteroatoms. The van der Waals surface area contributed by atoms with Crippen molar-refractivity contribution in [2.45, 2.75) is 40.5 Å². The minimum absolute atomic E-state index is 0.309. The zero-order valence-electron chi connectivity index (χ0n) is 15.4. The summed E-state index contributed by atoms with van der Waals surface area (Å²) in [5.41, 5.74) is 5.54. The van der Waals surface area contributed by atoms with Crippen molar-refractivity contribution in [3.63, 3.8) is 0 Å². The minimum Gasteiger partial charge on any atom is -0.465 e. The molecule has 0 aliphatic carbocycles.